The molecule has 22 heavy (non-hydrogen) atoms. The molecule has 110 valence electrons. The highest BCUT2D eigenvalue weighted by molar-refractivity contribution is 9.12. The van der Waals surface area contributed by atoms with E-state index in [1.165, 1.54) is 22.7 Å². The van der Waals surface area contributed by atoms with Crippen molar-refractivity contribution in [1.82, 2.24) is 0 Å². The lowest BCUT2D eigenvalue weighted by atomic mass is 9.85. The van der Waals surface area contributed by atoms with Crippen LogP contribution in [0.4, 0.5) is 0 Å². The van der Waals surface area contributed by atoms with Gasteiger partial charge in [-0.3, -0.25) is 9.59 Å². The van der Waals surface area contributed by atoms with Crippen LogP contribution in [0.5, 0.6) is 0 Å². The molecule has 2 nitrogen and oxygen atoms in total. The van der Waals surface area contributed by atoms with Crippen LogP contribution >= 0.6 is 54.5 Å². The van der Waals surface area contributed by atoms with E-state index >= 15 is 0 Å². The number of carbonyl (C=O) groups excluding carboxylic acids is 2. The van der Waals surface area contributed by atoms with Crippen molar-refractivity contribution in [3.05, 3.63) is 52.4 Å². The van der Waals surface area contributed by atoms with Crippen molar-refractivity contribution in [1.29, 1.82) is 0 Å². The molecule has 0 bridgehead atoms. The maximum atomic E-state index is 13.0. The van der Waals surface area contributed by atoms with Gasteiger partial charge >= 0.3 is 0 Å². The Hall–Kier alpha value is -0.820. The van der Waals surface area contributed by atoms with Gasteiger partial charge in [0, 0.05) is 16.5 Å². The van der Waals surface area contributed by atoms with Gasteiger partial charge in [0.05, 0.1) is 22.7 Å². The third-order valence-corrected chi connectivity index (χ3v) is 8.15. The first-order valence-electron chi connectivity index (χ1n) is 6.51. The van der Waals surface area contributed by atoms with Crippen LogP contribution in [-0.4, -0.2) is 11.6 Å². The van der Waals surface area contributed by atoms with E-state index in [1.54, 1.807) is 0 Å². The molecule has 0 radical (unpaired) electrons. The second kappa shape index (κ2) is 4.84. The number of carbonyl (C=O) groups is 2. The second-order valence-electron chi connectivity index (χ2n) is 5.30. The number of thiophene rings is 2. The summed E-state index contributed by atoms with van der Waals surface area (Å²) in [5.74, 6) is -0.0948. The summed E-state index contributed by atoms with van der Waals surface area (Å²) in [6, 6.07) is 3.68. The SMILES string of the molecule is Cc1cc2c(cc1C)C(=O)c1c(sc3c(Br)sc(Br)c13)C2=O. The summed E-state index contributed by atoms with van der Waals surface area (Å²) in [6.07, 6.45) is 0. The summed E-state index contributed by atoms with van der Waals surface area (Å²) >= 11 is 9.97. The maximum absolute atomic E-state index is 13.0. The molecule has 1 aliphatic carbocycles. The Balaban J connectivity index is 2.11. The molecule has 0 amide bonds. The van der Waals surface area contributed by atoms with Gasteiger partial charge in [-0.1, -0.05) is 0 Å². The molecule has 0 fully saturated rings. The summed E-state index contributed by atoms with van der Waals surface area (Å²) in [6.45, 7) is 3.92. The molecule has 0 unspecified atom stereocenters. The van der Waals surface area contributed by atoms with E-state index in [0.717, 1.165) is 28.8 Å². The third-order valence-electron chi connectivity index (χ3n) is 4.02. The van der Waals surface area contributed by atoms with Gasteiger partial charge in [0.25, 0.3) is 0 Å². The van der Waals surface area contributed by atoms with Crippen LogP contribution in [0.3, 0.4) is 0 Å². The van der Waals surface area contributed by atoms with Crippen molar-refractivity contribution in [2.24, 2.45) is 0 Å². The first-order chi connectivity index (χ1) is 10.4. The van der Waals surface area contributed by atoms with Crippen molar-refractivity contribution in [3.8, 4) is 0 Å². The number of aryl methyl sites for hydroxylation is 2. The number of hydrogen-bond donors (Lipinski definition) is 0. The van der Waals surface area contributed by atoms with Gasteiger partial charge in [0.15, 0.2) is 5.78 Å². The van der Waals surface area contributed by atoms with Gasteiger partial charge < -0.3 is 0 Å². The van der Waals surface area contributed by atoms with Crippen LogP contribution in [0.25, 0.3) is 10.1 Å². The maximum Gasteiger partial charge on any atom is 0.204 e. The summed E-state index contributed by atoms with van der Waals surface area (Å²) in [5, 5.41) is 0.860. The Morgan fingerprint density at radius 2 is 1.45 bits per heavy atom. The highest BCUT2D eigenvalue weighted by atomic mass is 79.9. The Bertz CT molecular complexity index is 1010. The predicted molar refractivity (Wildman–Crippen MR) is 97.9 cm³/mol. The average molecular weight is 456 g/mol. The molecule has 4 rings (SSSR count). The van der Waals surface area contributed by atoms with Crippen molar-refractivity contribution in [2.75, 3.05) is 0 Å². The van der Waals surface area contributed by atoms with Crippen molar-refractivity contribution in [3.63, 3.8) is 0 Å². The fourth-order valence-electron chi connectivity index (χ4n) is 2.76. The molecule has 3 aromatic rings. The van der Waals surface area contributed by atoms with Gasteiger partial charge in [0.1, 0.15) is 0 Å². The van der Waals surface area contributed by atoms with Crippen molar-refractivity contribution >= 4 is 76.2 Å². The van der Waals surface area contributed by atoms with Crippen molar-refractivity contribution < 1.29 is 9.59 Å². The predicted octanol–water partition coefficient (Wildman–Crippen LogP) is 5.88. The minimum atomic E-state index is -0.0510. The number of fused-ring (bicyclic) bond motifs is 4. The summed E-state index contributed by atoms with van der Waals surface area (Å²) < 4.78 is 2.80. The van der Waals surface area contributed by atoms with Gasteiger partial charge in [-0.2, -0.15) is 0 Å². The lowest BCUT2D eigenvalue weighted by Gasteiger charge is -2.16. The molecule has 0 atom stereocenters. The lowest BCUT2D eigenvalue weighted by Crippen LogP contribution is -2.19. The highest BCUT2D eigenvalue weighted by Crippen LogP contribution is 2.49. The standard InChI is InChI=1S/C16H8Br2O2S2/c1-5-3-7-8(4-6(5)2)12(20)13-9(11(7)19)10-14(21-13)16(18)22-15(10)17/h3-4H,1-2H3. The van der Waals surface area contributed by atoms with Crippen LogP contribution in [0.1, 0.15) is 42.3 Å². The molecule has 1 aliphatic rings. The van der Waals surface area contributed by atoms with Crippen molar-refractivity contribution in [2.45, 2.75) is 13.8 Å². The normalized spacial score (nSPS) is 13.6. The zero-order valence-electron chi connectivity index (χ0n) is 11.5. The Kier molecular flexibility index (Phi) is 3.24. The van der Waals surface area contributed by atoms with Crippen LogP contribution in [0, 0.1) is 13.8 Å². The summed E-state index contributed by atoms with van der Waals surface area (Å²) in [5.41, 5.74) is 3.66. The summed E-state index contributed by atoms with van der Waals surface area (Å²) in [4.78, 5) is 26.4. The van der Waals surface area contributed by atoms with E-state index in [2.05, 4.69) is 31.9 Å². The van der Waals surface area contributed by atoms with Gasteiger partial charge in [0.2, 0.25) is 5.78 Å². The molecular weight excluding hydrogens is 448 g/mol. The van der Waals surface area contributed by atoms with E-state index in [9.17, 15) is 9.59 Å². The largest absolute Gasteiger partial charge is 0.289 e. The summed E-state index contributed by atoms with van der Waals surface area (Å²) in [7, 11) is 0. The number of hydrogen-bond acceptors (Lipinski definition) is 4. The van der Waals surface area contributed by atoms with E-state index < -0.39 is 0 Å². The van der Waals surface area contributed by atoms with E-state index in [0.29, 0.717) is 21.6 Å². The molecule has 0 saturated carbocycles. The first kappa shape index (κ1) is 14.8. The fourth-order valence-corrected chi connectivity index (χ4v) is 7.41. The topological polar surface area (TPSA) is 34.1 Å². The van der Waals surface area contributed by atoms with E-state index in [4.69, 9.17) is 0 Å². The molecular formula is C16H8Br2O2S2. The minimum Gasteiger partial charge on any atom is -0.289 e. The molecule has 0 saturated heterocycles. The molecule has 0 spiro atoms. The number of rotatable bonds is 0. The molecule has 2 heterocycles. The van der Waals surface area contributed by atoms with Crippen LogP contribution in [-0.2, 0) is 0 Å². The fraction of sp³-hybridized carbons (Fsp3) is 0.125. The van der Waals surface area contributed by atoms with Gasteiger partial charge in [-0.15, -0.1) is 22.7 Å². The smallest absolute Gasteiger partial charge is 0.204 e. The lowest BCUT2D eigenvalue weighted by molar-refractivity contribution is 0.0983. The number of ketones is 2. The molecule has 6 heteroatoms. The average Bonchev–Trinajstić information content (AvgIpc) is 2.98. The first-order valence-corrected chi connectivity index (χ1v) is 9.73. The molecule has 0 aliphatic heterocycles. The Morgan fingerprint density at radius 1 is 0.864 bits per heavy atom. The van der Waals surface area contributed by atoms with Gasteiger partial charge in [-0.05, 0) is 69.0 Å². The number of benzene rings is 1. The zero-order chi connectivity index (χ0) is 15.8. The quantitative estimate of drug-likeness (QED) is 0.331. The van der Waals surface area contributed by atoms with E-state index in [-0.39, 0.29) is 11.6 Å². The number of halogens is 2. The molecule has 2 aromatic heterocycles. The van der Waals surface area contributed by atoms with Gasteiger partial charge in [-0.25, -0.2) is 0 Å². The highest BCUT2D eigenvalue weighted by Gasteiger charge is 2.35. The second-order valence-corrected chi connectivity index (χ2v) is 9.98. The molecule has 0 N–H and O–H groups in total. The third kappa shape index (κ3) is 1.81. The molecule has 1 aromatic carbocycles. The van der Waals surface area contributed by atoms with E-state index in [1.807, 2.05) is 26.0 Å². The zero-order valence-corrected chi connectivity index (χ0v) is 16.3. The van der Waals surface area contributed by atoms with Crippen LogP contribution < -0.4 is 0 Å². The minimum absolute atomic E-state index is 0.0438. The monoisotopic (exact) mass is 454 g/mol. The Labute approximate surface area is 151 Å². The van der Waals surface area contributed by atoms with Crippen LogP contribution in [0.15, 0.2) is 19.7 Å². The van der Waals surface area contributed by atoms with Crippen LogP contribution in [0.2, 0.25) is 0 Å². The Morgan fingerprint density at radius 3 is 2.09 bits per heavy atom.